The Kier molecular flexibility index (Phi) is 4.18. The van der Waals surface area contributed by atoms with E-state index in [-0.39, 0.29) is 0 Å². The first-order chi connectivity index (χ1) is 9.36. The minimum Gasteiger partial charge on any atom is -0.481 e. The second-order valence-electron chi connectivity index (χ2n) is 6.32. The van der Waals surface area contributed by atoms with Gasteiger partial charge in [0.05, 0.1) is 11.3 Å². The van der Waals surface area contributed by atoms with Crippen molar-refractivity contribution >= 4 is 11.9 Å². The maximum absolute atomic E-state index is 11.6. The molecule has 5 nitrogen and oxygen atoms in total. The molecule has 2 aliphatic rings. The molecule has 112 valence electrons. The number of allylic oxidation sites excluding steroid dienone is 1. The Morgan fingerprint density at radius 2 is 1.85 bits per heavy atom. The fraction of sp³-hybridized carbons (Fsp3) is 0.733. The molecule has 1 fully saturated rings. The monoisotopic (exact) mass is 281 g/mol. The maximum atomic E-state index is 11.6. The van der Waals surface area contributed by atoms with Crippen LogP contribution in [0.25, 0.3) is 0 Å². The number of carboxylic acids is 2. The van der Waals surface area contributed by atoms with Crippen LogP contribution in [0.5, 0.6) is 0 Å². The highest BCUT2D eigenvalue weighted by Crippen LogP contribution is 2.43. The number of hydrogen-bond acceptors (Lipinski definition) is 3. The van der Waals surface area contributed by atoms with E-state index in [9.17, 15) is 19.8 Å². The molecule has 2 aliphatic carbocycles. The summed E-state index contributed by atoms with van der Waals surface area (Å²) in [6.45, 7) is 1.54. The lowest BCUT2D eigenvalue weighted by molar-refractivity contribution is -0.151. The van der Waals surface area contributed by atoms with Gasteiger partial charge in [-0.1, -0.05) is 30.9 Å². The summed E-state index contributed by atoms with van der Waals surface area (Å²) >= 11 is 0. The van der Waals surface area contributed by atoms with Gasteiger partial charge >= 0.3 is 11.9 Å². The van der Waals surface area contributed by atoms with E-state index >= 15 is 0 Å². The summed E-state index contributed by atoms with van der Waals surface area (Å²) in [6, 6.07) is -0.884. The summed E-state index contributed by atoms with van der Waals surface area (Å²) in [4.78, 5) is 23.0. The van der Waals surface area contributed by atoms with Crippen LogP contribution in [0.3, 0.4) is 0 Å². The van der Waals surface area contributed by atoms with E-state index in [1.54, 1.807) is 6.08 Å². The van der Waals surface area contributed by atoms with E-state index in [2.05, 4.69) is 0 Å². The Hall–Kier alpha value is -1.36. The summed E-state index contributed by atoms with van der Waals surface area (Å²) in [5, 5.41) is 18.8. The molecule has 0 saturated heterocycles. The van der Waals surface area contributed by atoms with Crippen LogP contribution in [0.4, 0.5) is 0 Å². The number of nitrogens with two attached hydrogens (primary N) is 1. The first kappa shape index (κ1) is 15.0. The van der Waals surface area contributed by atoms with Crippen molar-refractivity contribution in [2.75, 3.05) is 0 Å². The molecule has 4 N–H and O–H groups in total. The Balaban J connectivity index is 2.35. The molecule has 0 amide bonds. The molecule has 0 aliphatic heterocycles. The first-order valence-electron chi connectivity index (χ1n) is 7.29. The van der Waals surface area contributed by atoms with Crippen molar-refractivity contribution in [1.29, 1.82) is 0 Å². The zero-order valence-electron chi connectivity index (χ0n) is 11.8. The van der Waals surface area contributed by atoms with Crippen LogP contribution in [0.15, 0.2) is 11.6 Å². The fourth-order valence-electron chi connectivity index (χ4n) is 3.54. The Morgan fingerprint density at radius 3 is 2.35 bits per heavy atom. The number of carbonyl (C=O) groups is 2. The molecule has 3 unspecified atom stereocenters. The van der Waals surface area contributed by atoms with Gasteiger partial charge in [0.1, 0.15) is 0 Å². The van der Waals surface area contributed by atoms with E-state index in [0.717, 1.165) is 31.3 Å². The molecule has 0 spiro atoms. The predicted octanol–water partition coefficient (Wildman–Crippen LogP) is 2.02. The molecule has 20 heavy (non-hydrogen) atoms. The molecule has 1 saturated carbocycles. The molecule has 0 heterocycles. The minimum atomic E-state index is -1.28. The van der Waals surface area contributed by atoms with Crippen molar-refractivity contribution < 1.29 is 19.8 Å². The van der Waals surface area contributed by atoms with Crippen LogP contribution in [0.1, 0.15) is 45.4 Å². The highest BCUT2D eigenvalue weighted by atomic mass is 16.4. The topological polar surface area (TPSA) is 101 Å². The van der Waals surface area contributed by atoms with Gasteiger partial charge in [-0.25, -0.2) is 0 Å². The number of hydrogen-bond donors (Lipinski definition) is 3. The molecular weight excluding hydrogens is 258 g/mol. The normalized spacial score (nSPS) is 35.4. The lowest BCUT2D eigenvalue weighted by Crippen LogP contribution is -2.53. The number of rotatable bonds is 3. The van der Waals surface area contributed by atoms with Crippen molar-refractivity contribution in [3.63, 3.8) is 0 Å². The van der Waals surface area contributed by atoms with Crippen LogP contribution in [0.2, 0.25) is 0 Å². The Bertz CT molecular complexity index is 439. The van der Waals surface area contributed by atoms with Gasteiger partial charge in [0.2, 0.25) is 0 Å². The summed E-state index contributed by atoms with van der Waals surface area (Å²) in [5.74, 6) is -2.51. The number of carboxylic acid groups (broad SMARTS) is 2. The standard InChI is InChI=1S/C15H23NO4/c1-15(14(19)20)8-10(9-5-3-2-4-6-9)7-11(12(15)16)13(17)18/h8-9,11-12H,2-7,16H2,1H3,(H,17,18)(H,19,20). The van der Waals surface area contributed by atoms with Crippen molar-refractivity contribution in [2.45, 2.75) is 51.5 Å². The Labute approximate surface area is 118 Å². The minimum absolute atomic E-state index is 0.330. The van der Waals surface area contributed by atoms with Crippen molar-refractivity contribution in [2.24, 2.45) is 23.0 Å². The summed E-state index contributed by atoms with van der Waals surface area (Å²) in [6.07, 6.45) is 7.68. The van der Waals surface area contributed by atoms with E-state index < -0.39 is 29.3 Å². The first-order valence-corrected chi connectivity index (χ1v) is 7.29. The van der Waals surface area contributed by atoms with Crippen molar-refractivity contribution in [3.8, 4) is 0 Å². The summed E-state index contributed by atoms with van der Waals surface area (Å²) in [7, 11) is 0. The molecule has 0 aromatic rings. The second kappa shape index (κ2) is 5.56. The van der Waals surface area contributed by atoms with Crippen LogP contribution in [0, 0.1) is 17.3 Å². The molecule has 3 atom stereocenters. The zero-order chi connectivity index (χ0) is 14.9. The van der Waals surface area contributed by atoms with Gasteiger partial charge in [-0.3, -0.25) is 9.59 Å². The summed E-state index contributed by atoms with van der Waals surface area (Å²) in [5.41, 5.74) is 5.65. The van der Waals surface area contributed by atoms with Crippen LogP contribution in [-0.4, -0.2) is 28.2 Å². The average molecular weight is 281 g/mol. The largest absolute Gasteiger partial charge is 0.481 e. The highest BCUT2D eigenvalue weighted by Gasteiger charge is 2.48. The highest BCUT2D eigenvalue weighted by molar-refractivity contribution is 5.81. The van der Waals surface area contributed by atoms with Gasteiger partial charge in [-0.15, -0.1) is 0 Å². The number of aliphatic carboxylic acids is 2. The lowest BCUT2D eigenvalue weighted by Gasteiger charge is -2.40. The van der Waals surface area contributed by atoms with E-state index in [1.165, 1.54) is 13.3 Å². The molecule has 5 heteroatoms. The van der Waals surface area contributed by atoms with Crippen molar-refractivity contribution in [1.82, 2.24) is 0 Å². The lowest BCUT2D eigenvalue weighted by atomic mass is 9.65. The second-order valence-corrected chi connectivity index (χ2v) is 6.32. The average Bonchev–Trinajstić information content (AvgIpc) is 2.42. The summed E-state index contributed by atoms with van der Waals surface area (Å²) < 4.78 is 0. The molecule has 0 aromatic carbocycles. The Morgan fingerprint density at radius 1 is 1.25 bits per heavy atom. The molecule has 0 aromatic heterocycles. The van der Waals surface area contributed by atoms with E-state index in [4.69, 9.17) is 5.73 Å². The molecule has 0 bridgehead atoms. The van der Waals surface area contributed by atoms with Crippen molar-refractivity contribution in [3.05, 3.63) is 11.6 Å². The smallest absolute Gasteiger partial charge is 0.314 e. The van der Waals surface area contributed by atoms with Gasteiger partial charge in [-0.05, 0) is 32.1 Å². The quantitative estimate of drug-likeness (QED) is 0.687. The predicted molar refractivity (Wildman–Crippen MR) is 74.1 cm³/mol. The molecular formula is C15H23NO4. The van der Waals surface area contributed by atoms with Crippen LogP contribution >= 0.6 is 0 Å². The van der Waals surface area contributed by atoms with E-state index in [1.807, 2.05) is 0 Å². The third-order valence-electron chi connectivity index (χ3n) is 4.97. The van der Waals surface area contributed by atoms with Crippen LogP contribution in [-0.2, 0) is 9.59 Å². The zero-order valence-corrected chi connectivity index (χ0v) is 11.8. The van der Waals surface area contributed by atoms with Gasteiger partial charge in [0.15, 0.2) is 0 Å². The fourth-order valence-corrected chi connectivity index (χ4v) is 3.54. The van der Waals surface area contributed by atoms with E-state index in [0.29, 0.717) is 12.3 Å². The van der Waals surface area contributed by atoms with Gasteiger partial charge in [-0.2, -0.15) is 0 Å². The third kappa shape index (κ3) is 2.59. The van der Waals surface area contributed by atoms with Gasteiger partial charge in [0.25, 0.3) is 0 Å². The molecule has 0 radical (unpaired) electrons. The SMILES string of the molecule is CC1(C(=O)O)C=C(C2CCCCC2)CC(C(=O)O)C1N. The third-order valence-corrected chi connectivity index (χ3v) is 4.97. The van der Waals surface area contributed by atoms with Gasteiger partial charge < -0.3 is 15.9 Å². The van der Waals surface area contributed by atoms with Gasteiger partial charge in [0, 0.05) is 6.04 Å². The maximum Gasteiger partial charge on any atom is 0.314 e. The van der Waals surface area contributed by atoms with Crippen LogP contribution < -0.4 is 5.73 Å². The molecule has 2 rings (SSSR count).